The molecule has 0 unspecified atom stereocenters. The second-order valence-corrected chi connectivity index (χ2v) is 5.20. The van der Waals surface area contributed by atoms with E-state index in [1.165, 1.54) is 6.33 Å². The van der Waals surface area contributed by atoms with Crippen LogP contribution in [0.5, 0.6) is 5.75 Å². The topological polar surface area (TPSA) is 76.4 Å². The third-order valence-electron chi connectivity index (χ3n) is 3.26. The fraction of sp³-hybridized carbons (Fsp3) is 0.438. The van der Waals surface area contributed by atoms with Gasteiger partial charge >= 0.3 is 0 Å². The van der Waals surface area contributed by atoms with Crippen LogP contribution in [0, 0.1) is 0 Å². The zero-order valence-electron chi connectivity index (χ0n) is 14.7. The minimum Gasteiger partial charge on any atom is -0.488 e. The van der Waals surface area contributed by atoms with Gasteiger partial charge in [-0.2, -0.15) is 5.10 Å². The van der Waals surface area contributed by atoms with Crippen LogP contribution in [0.1, 0.15) is 18.3 Å². The first kappa shape index (κ1) is 22.1. The van der Waals surface area contributed by atoms with E-state index in [0.717, 1.165) is 11.4 Å². The molecule has 0 aliphatic rings. The number of nitrogens with one attached hydrogen (secondary N) is 2. The molecule has 2 N–H and O–H groups in total. The monoisotopic (exact) mass is 480 g/mol. The maximum Gasteiger partial charge on any atom is 0.272 e. The molecule has 26 heavy (non-hydrogen) atoms. The van der Waals surface area contributed by atoms with Crippen molar-refractivity contribution in [3.05, 3.63) is 42.0 Å². The molecular formula is C16H23F2IN6O. The second kappa shape index (κ2) is 11.6. The van der Waals surface area contributed by atoms with Gasteiger partial charge in [0, 0.05) is 13.6 Å². The number of aliphatic imine (C=N–C) groups is 1. The minimum absolute atomic E-state index is 0. The molecule has 0 saturated carbocycles. The molecule has 1 aromatic heterocycles. The highest BCUT2D eigenvalue weighted by molar-refractivity contribution is 14.0. The van der Waals surface area contributed by atoms with Gasteiger partial charge in [0.25, 0.3) is 6.43 Å². The molecule has 10 heteroatoms. The van der Waals surface area contributed by atoms with Gasteiger partial charge in [-0.3, -0.25) is 4.68 Å². The van der Waals surface area contributed by atoms with Crippen molar-refractivity contribution in [3.8, 4) is 5.75 Å². The quantitative estimate of drug-likeness (QED) is 0.345. The van der Waals surface area contributed by atoms with Gasteiger partial charge in [0.15, 0.2) is 5.96 Å². The Bertz CT molecular complexity index is 695. The van der Waals surface area contributed by atoms with Crippen molar-refractivity contribution in [2.24, 2.45) is 12.0 Å². The van der Waals surface area contributed by atoms with E-state index in [1.54, 1.807) is 22.9 Å². The highest BCUT2D eigenvalue weighted by Gasteiger charge is 2.05. The predicted octanol–water partition coefficient (Wildman–Crippen LogP) is 2.33. The van der Waals surface area contributed by atoms with Crippen molar-refractivity contribution >= 4 is 29.9 Å². The smallest absolute Gasteiger partial charge is 0.272 e. The molecule has 0 radical (unpaired) electrons. The first-order chi connectivity index (χ1) is 12.1. The van der Waals surface area contributed by atoms with Crippen LogP contribution in [0.3, 0.4) is 0 Å². The van der Waals surface area contributed by atoms with Gasteiger partial charge in [0.05, 0.1) is 13.1 Å². The normalized spacial score (nSPS) is 11.2. The summed E-state index contributed by atoms with van der Waals surface area (Å²) in [6.45, 7) is 2.94. The molecule has 0 bridgehead atoms. The highest BCUT2D eigenvalue weighted by atomic mass is 127. The van der Waals surface area contributed by atoms with E-state index < -0.39 is 13.0 Å². The summed E-state index contributed by atoms with van der Waals surface area (Å²) in [5, 5.41) is 10.3. The van der Waals surface area contributed by atoms with Crippen LogP contribution in [-0.2, 0) is 20.1 Å². The fourth-order valence-electron chi connectivity index (χ4n) is 2.05. The molecule has 2 aromatic rings. The van der Waals surface area contributed by atoms with Crippen molar-refractivity contribution in [1.29, 1.82) is 0 Å². The van der Waals surface area contributed by atoms with Crippen molar-refractivity contribution in [2.45, 2.75) is 26.4 Å². The van der Waals surface area contributed by atoms with Crippen molar-refractivity contribution in [3.63, 3.8) is 0 Å². The molecule has 0 atom stereocenters. The van der Waals surface area contributed by atoms with Gasteiger partial charge in [-0.1, -0.05) is 12.1 Å². The number of alkyl halides is 2. The van der Waals surface area contributed by atoms with Gasteiger partial charge in [0.1, 0.15) is 24.5 Å². The van der Waals surface area contributed by atoms with Gasteiger partial charge in [0.2, 0.25) is 0 Å². The van der Waals surface area contributed by atoms with E-state index in [1.807, 2.05) is 20.0 Å². The van der Waals surface area contributed by atoms with Crippen molar-refractivity contribution < 1.29 is 13.5 Å². The summed E-state index contributed by atoms with van der Waals surface area (Å²) in [7, 11) is 1.82. The lowest BCUT2D eigenvalue weighted by molar-refractivity contribution is 0.0818. The summed E-state index contributed by atoms with van der Waals surface area (Å²) in [5.41, 5.74) is 0.864. The first-order valence-electron chi connectivity index (χ1n) is 7.93. The van der Waals surface area contributed by atoms with E-state index in [-0.39, 0.29) is 24.0 Å². The predicted molar refractivity (Wildman–Crippen MR) is 106 cm³/mol. The van der Waals surface area contributed by atoms with Gasteiger partial charge < -0.3 is 15.4 Å². The number of guanidine groups is 1. The number of benzene rings is 1. The molecule has 1 aromatic carbocycles. The number of hydrogen-bond donors (Lipinski definition) is 2. The number of hydrogen-bond acceptors (Lipinski definition) is 4. The first-order valence-corrected chi connectivity index (χ1v) is 7.93. The Morgan fingerprint density at radius 3 is 2.81 bits per heavy atom. The maximum atomic E-state index is 12.2. The lowest BCUT2D eigenvalue weighted by Gasteiger charge is -2.11. The third-order valence-corrected chi connectivity index (χ3v) is 3.26. The van der Waals surface area contributed by atoms with E-state index in [4.69, 9.17) is 4.74 Å². The number of ether oxygens (including phenoxy) is 1. The summed E-state index contributed by atoms with van der Waals surface area (Å²) < 4.78 is 31.1. The van der Waals surface area contributed by atoms with E-state index in [9.17, 15) is 8.78 Å². The van der Waals surface area contributed by atoms with Crippen molar-refractivity contribution in [1.82, 2.24) is 25.4 Å². The Kier molecular flexibility index (Phi) is 9.84. The zero-order chi connectivity index (χ0) is 18.1. The average molecular weight is 480 g/mol. The molecule has 0 aliphatic carbocycles. The zero-order valence-corrected chi connectivity index (χ0v) is 17.0. The molecule has 0 saturated heterocycles. The largest absolute Gasteiger partial charge is 0.488 e. The average Bonchev–Trinajstić information content (AvgIpc) is 3.01. The minimum atomic E-state index is -2.49. The molecule has 0 spiro atoms. The molecule has 0 amide bonds. The molecule has 1 heterocycles. The van der Waals surface area contributed by atoms with Crippen molar-refractivity contribution in [2.75, 3.05) is 13.2 Å². The molecule has 144 valence electrons. The standard InChI is InChI=1S/C16H22F2N6O.HI/c1-3-19-16(21-9-15-22-11-23-24(15)2)20-8-12-5-4-6-13(7-12)25-10-14(17)18;/h4-7,11,14H,3,8-10H2,1-2H3,(H2,19,20,21);1H. The number of halogens is 3. The Labute approximate surface area is 168 Å². The Morgan fingerprint density at radius 2 is 2.15 bits per heavy atom. The van der Waals surface area contributed by atoms with Gasteiger partial charge in [-0.05, 0) is 24.6 Å². The molecular weight excluding hydrogens is 457 g/mol. The van der Waals surface area contributed by atoms with Crippen LogP contribution in [0.25, 0.3) is 0 Å². The Morgan fingerprint density at radius 1 is 1.35 bits per heavy atom. The van der Waals surface area contributed by atoms with Crippen LogP contribution < -0.4 is 15.4 Å². The van der Waals surface area contributed by atoms with Crippen LogP contribution in [0.15, 0.2) is 35.6 Å². The Balaban J connectivity index is 0.00000338. The third kappa shape index (κ3) is 7.50. The van der Waals surface area contributed by atoms with E-state index in [0.29, 0.717) is 31.3 Å². The number of nitrogens with zero attached hydrogens (tertiary/aromatic N) is 4. The van der Waals surface area contributed by atoms with Crippen LogP contribution >= 0.6 is 24.0 Å². The molecule has 0 fully saturated rings. The number of rotatable bonds is 8. The van der Waals surface area contributed by atoms with E-state index in [2.05, 4.69) is 25.7 Å². The summed E-state index contributed by atoms with van der Waals surface area (Å²) in [6, 6.07) is 6.97. The number of aromatic nitrogens is 3. The lowest BCUT2D eigenvalue weighted by Crippen LogP contribution is -2.37. The van der Waals surface area contributed by atoms with E-state index >= 15 is 0 Å². The van der Waals surface area contributed by atoms with Crippen LogP contribution in [0.2, 0.25) is 0 Å². The summed E-state index contributed by atoms with van der Waals surface area (Å²) in [6.07, 6.45) is -1.00. The SMILES string of the molecule is CCNC(=NCc1cccc(OCC(F)F)c1)NCc1ncnn1C.I. The van der Waals surface area contributed by atoms with Gasteiger partial charge in [-0.15, -0.1) is 24.0 Å². The molecule has 7 nitrogen and oxygen atoms in total. The Hall–Kier alpha value is -1.98. The van der Waals surface area contributed by atoms with Crippen LogP contribution in [-0.4, -0.2) is 40.3 Å². The summed E-state index contributed by atoms with van der Waals surface area (Å²) in [5.74, 6) is 1.82. The lowest BCUT2D eigenvalue weighted by atomic mass is 10.2. The van der Waals surface area contributed by atoms with Crippen LogP contribution in [0.4, 0.5) is 8.78 Å². The van der Waals surface area contributed by atoms with Gasteiger partial charge in [-0.25, -0.2) is 18.8 Å². The summed E-state index contributed by atoms with van der Waals surface area (Å²) >= 11 is 0. The fourth-order valence-corrected chi connectivity index (χ4v) is 2.05. The second-order valence-electron chi connectivity index (χ2n) is 5.20. The highest BCUT2D eigenvalue weighted by Crippen LogP contribution is 2.14. The maximum absolute atomic E-state index is 12.2. The molecule has 0 aliphatic heterocycles. The summed E-state index contributed by atoms with van der Waals surface area (Å²) in [4.78, 5) is 8.62. The number of aryl methyl sites for hydroxylation is 1. The molecule has 2 rings (SSSR count).